The van der Waals surface area contributed by atoms with Crippen molar-refractivity contribution in [1.29, 1.82) is 0 Å². The summed E-state index contributed by atoms with van der Waals surface area (Å²) in [6.07, 6.45) is 49.3. The van der Waals surface area contributed by atoms with Crippen molar-refractivity contribution < 1.29 is 34.1 Å². The lowest BCUT2D eigenvalue weighted by Crippen LogP contribution is -2.47. The molecule has 2 atom stereocenters. The number of aliphatic hydroxyl groups is 1. The highest BCUT2D eigenvalue weighted by Gasteiger charge is 2.18. The first kappa shape index (κ1) is 50.0. The fourth-order valence-electron chi connectivity index (χ4n) is 5.23. The molecule has 0 rings (SSSR count). The zero-order chi connectivity index (χ0) is 39.7. The van der Waals surface area contributed by atoms with Gasteiger partial charge in [0.25, 0.3) is 0 Å². The number of carboxylic acids is 1. The van der Waals surface area contributed by atoms with E-state index in [0.717, 1.165) is 116 Å². The molecular weight excluding hydrogens is 681 g/mol. The molecule has 0 aliphatic heterocycles. The highest BCUT2D eigenvalue weighted by Crippen LogP contribution is 2.14. The van der Waals surface area contributed by atoms with Crippen LogP contribution >= 0.6 is 0 Å². The molecule has 9 heteroatoms. The summed E-state index contributed by atoms with van der Waals surface area (Å²) in [5, 5.41) is 22.5. The summed E-state index contributed by atoms with van der Waals surface area (Å²) in [6.45, 7) is 3.22. The number of rotatable bonds is 35. The van der Waals surface area contributed by atoms with Gasteiger partial charge in [0, 0.05) is 12.8 Å². The Bertz CT molecular complexity index is 1180. The van der Waals surface area contributed by atoms with Gasteiger partial charge in [-0.2, -0.15) is 0 Å². The molecule has 0 radical (unpaired) electrons. The number of esters is 1. The number of allylic oxidation sites excluding steroid dienone is 13. The Morgan fingerprint density at radius 2 is 1.11 bits per heavy atom. The second-order valence-electron chi connectivity index (χ2n) is 13.3. The van der Waals surface area contributed by atoms with Gasteiger partial charge in [-0.25, -0.2) is 4.79 Å². The number of carboxylic acid groups (broad SMARTS) is 1. The van der Waals surface area contributed by atoms with Crippen LogP contribution in [0.1, 0.15) is 149 Å². The third-order valence-corrected chi connectivity index (χ3v) is 8.34. The lowest BCUT2D eigenvalue weighted by molar-refractivity contribution is -0.147. The zero-order valence-electron chi connectivity index (χ0n) is 33.4. The Morgan fingerprint density at radius 1 is 0.593 bits per heavy atom. The molecule has 54 heavy (non-hydrogen) atoms. The second kappa shape index (κ2) is 38.7. The van der Waals surface area contributed by atoms with Crippen LogP contribution < -0.4 is 10.6 Å². The lowest BCUT2D eigenvalue weighted by Gasteiger charge is -2.15. The van der Waals surface area contributed by atoms with Gasteiger partial charge >= 0.3 is 11.9 Å². The number of carbonyl (C=O) groups excluding carboxylic acids is 3. The van der Waals surface area contributed by atoms with Gasteiger partial charge in [-0.3, -0.25) is 14.4 Å². The lowest BCUT2D eigenvalue weighted by atomic mass is 10.1. The van der Waals surface area contributed by atoms with E-state index in [4.69, 9.17) is 14.9 Å². The second-order valence-corrected chi connectivity index (χ2v) is 13.3. The number of unbranched alkanes of at least 4 members (excludes halogenated alkanes) is 9. The highest BCUT2D eigenvalue weighted by atomic mass is 16.5. The van der Waals surface area contributed by atoms with E-state index in [2.05, 4.69) is 103 Å². The number of hydrogen-bond acceptors (Lipinski definition) is 6. The summed E-state index contributed by atoms with van der Waals surface area (Å²) < 4.78 is 5.84. The van der Waals surface area contributed by atoms with E-state index >= 15 is 0 Å². The van der Waals surface area contributed by atoms with Crippen molar-refractivity contribution in [1.82, 2.24) is 10.6 Å². The molecule has 0 aromatic carbocycles. The summed E-state index contributed by atoms with van der Waals surface area (Å²) in [7, 11) is 0. The summed E-state index contributed by atoms with van der Waals surface area (Å²) in [5.41, 5.74) is 0. The minimum absolute atomic E-state index is 0.153. The van der Waals surface area contributed by atoms with E-state index in [9.17, 15) is 19.2 Å². The summed E-state index contributed by atoms with van der Waals surface area (Å²) in [5.74, 6) is -2.47. The Morgan fingerprint density at radius 3 is 1.70 bits per heavy atom. The highest BCUT2D eigenvalue weighted by molar-refractivity contribution is 5.87. The molecule has 0 saturated heterocycles. The summed E-state index contributed by atoms with van der Waals surface area (Å²) in [4.78, 5) is 47.4. The maximum atomic E-state index is 12.7. The topological polar surface area (TPSA) is 142 Å². The fraction of sp³-hybridized carbons (Fsp3) is 0.600. The Hall–Kier alpha value is -3.98. The van der Waals surface area contributed by atoms with Crippen LogP contribution in [0, 0.1) is 0 Å². The van der Waals surface area contributed by atoms with Crippen molar-refractivity contribution in [3.63, 3.8) is 0 Å². The number of aliphatic hydroxyl groups excluding tert-OH is 1. The number of nitrogens with one attached hydrogen (secondary N) is 2. The molecular formula is C45H72N2O7. The Labute approximate surface area is 326 Å². The van der Waals surface area contributed by atoms with Crippen molar-refractivity contribution in [3.8, 4) is 0 Å². The normalized spacial score (nSPS) is 13.4. The molecule has 0 bridgehead atoms. The monoisotopic (exact) mass is 753 g/mol. The summed E-state index contributed by atoms with van der Waals surface area (Å²) >= 11 is 0. The Balaban J connectivity index is 4.21. The van der Waals surface area contributed by atoms with Crippen molar-refractivity contribution in [2.24, 2.45) is 0 Å². The van der Waals surface area contributed by atoms with Crippen molar-refractivity contribution in [2.45, 2.75) is 161 Å². The average Bonchev–Trinajstić information content (AvgIpc) is 3.15. The largest absolute Gasteiger partial charge is 0.480 e. The van der Waals surface area contributed by atoms with Gasteiger partial charge in [0.2, 0.25) is 11.8 Å². The van der Waals surface area contributed by atoms with Crippen LogP contribution in [0.5, 0.6) is 0 Å². The fourth-order valence-corrected chi connectivity index (χ4v) is 5.23. The molecule has 2 amide bonds. The van der Waals surface area contributed by atoms with Gasteiger partial charge in [-0.05, 0) is 89.5 Å². The minimum atomic E-state index is -1.40. The molecule has 9 nitrogen and oxygen atoms in total. The SMILES string of the molecule is CC/C=C\C/C=C\C/C=C\C/C=C\C/C=C\CCCCCCCC(=O)OC(/C=C\C/C=C\CCC)CCCCCCC(=O)NCC(=O)NC(CO)C(=O)O. The third-order valence-electron chi connectivity index (χ3n) is 8.34. The van der Waals surface area contributed by atoms with Crippen LogP contribution in [0.4, 0.5) is 0 Å². The predicted molar refractivity (Wildman–Crippen MR) is 222 cm³/mol. The van der Waals surface area contributed by atoms with Crippen LogP contribution in [-0.4, -0.2) is 59.3 Å². The van der Waals surface area contributed by atoms with Crippen molar-refractivity contribution >= 4 is 23.8 Å². The van der Waals surface area contributed by atoms with E-state index in [-0.39, 0.29) is 30.9 Å². The first-order valence-corrected chi connectivity index (χ1v) is 20.5. The first-order valence-electron chi connectivity index (χ1n) is 20.5. The molecule has 0 saturated carbocycles. The maximum absolute atomic E-state index is 12.7. The van der Waals surface area contributed by atoms with Crippen LogP contribution in [0.3, 0.4) is 0 Å². The number of hydrogen-bond donors (Lipinski definition) is 4. The third kappa shape index (κ3) is 35.1. The molecule has 304 valence electrons. The van der Waals surface area contributed by atoms with Crippen molar-refractivity contribution in [3.05, 3.63) is 85.1 Å². The molecule has 0 aromatic rings. The zero-order valence-corrected chi connectivity index (χ0v) is 33.4. The molecule has 0 fully saturated rings. The van der Waals surface area contributed by atoms with Crippen LogP contribution in [0.2, 0.25) is 0 Å². The molecule has 0 heterocycles. The van der Waals surface area contributed by atoms with Gasteiger partial charge in [-0.15, -0.1) is 0 Å². The number of aliphatic carboxylic acids is 1. The number of ether oxygens (including phenoxy) is 1. The molecule has 4 N–H and O–H groups in total. The smallest absolute Gasteiger partial charge is 0.328 e. The molecule has 2 unspecified atom stereocenters. The first-order chi connectivity index (χ1) is 26.3. The molecule has 0 aliphatic rings. The standard InChI is InChI=1S/C45H72N2O7/c1-3-5-7-9-11-12-13-14-15-16-17-18-19-20-21-22-23-24-25-27-33-37-44(51)54-40(34-30-26-10-8-6-4-2)35-31-28-29-32-36-42(49)46-38-43(50)47-41(39-48)45(52)53/h5,7-8,10-12,14-15,17-18,20-21,30,34,40-41,48H,3-4,6,9,13,16,19,22-29,31-33,35-39H2,1-2H3,(H,46,49)(H,47,50)(H,52,53)/b7-5-,10-8-,12-11-,15-14-,18-17-,21-20-,34-30-. The molecule has 0 aliphatic carbocycles. The van der Waals surface area contributed by atoms with Gasteiger partial charge in [0.05, 0.1) is 13.2 Å². The van der Waals surface area contributed by atoms with E-state index in [1.807, 2.05) is 6.08 Å². The van der Waals surface area contributed by atoms with Crippen LogP contribution in [0.15, 0.2) is 85.1 Å². The molecule has 0 spiro atoms. The van der Waals surface area contributed by atoms with Crippen LogP contribution in [-0.2, 0) is 23.9 Å². The van der Waals surface area contributed by atoms with E-state index in [1.54, 1.807) is 0 Å². The molecule has 0 aromatic heterocycles. The number of amides is 2. The van der Waals surface area contributed by atoms with Gasteiger partial charge in [0.1, 0.15) is 12.1 Å². The van der Waals surface area contributed by atoms with Gasteiger partial charge < -0.3 is 25.6 Å². The van der Waals surface area contributed by atoms with Gasteiger partial charge in [0.15, 0.2) is 0 Å². The van der Waals surface area contributed by atoms with Gasteiger partial charge in [-0.1, -0.05) is 131 Å². The van der Waals surface area contributed by atoms with Crippen molar-refractivity contribution in [2.75, 3.05) is 13.2 Å². The number of carbonyl (C=O) groups is 4. The maximum Gasteiger partial charge on any atom is 0.328 e. The quantitative estimate of drug-likeness (QED) is 0.0287. The van der Waals surface area contributed by atoms with E-state index < -0.39 is 24.5 Å². The predicted octanol–water partition coefficient (Wildman–Crippen LogP) is 9.70. The minimum Gasteiger partial charge on any atom is -0.480 e. The average molecular weight is 753 g/mol. The van der Waals surface area contributed by atoms with E-state index in [0.29, 0.717) is 12.8 Å². The van der Waals surface area contributed by atoms with Crippen LogP contribution in [0.25, 0.3) is 0 Å². The Kier molecular flexibility index (Phi) is 35.9. The summed E-state index contributed by atoms with van der Waals surface area (Å²) in [6, 6.07) is -1.40. The van der Waals surface area contributed by atoms with E-state index in [1.165, 1.54) is 0 Å².